The molecule has 0 fully saturated rings. The number of rotatable bonds is 4. The normalized spacial score (nSPS) is 12.8. The number of ether oxygens (including phenoxy) is 1. The molecule has 6 heteroatoms. The Balaban J connectivity index is 2.90. The summed E-state index contributed by atoms with van der Waals surface area (Å²) < 4.78 is 5.11. The summed E-state index contributed by atoms with van der Waals surface area (Å²) in [7, 11) is 0. The number of hydrogen-bond donors (Lipinski definition) is 1. The van der Waals surface area contributed by atoms with Gasteiger partial charge in [0.2, 0.25) is 0 Å². The molecule has 0 spiro atoms. The summed E-state index contributed by atoms with van der Waals surface area (Å²) in [5.74, 6) is -3.27. The lowest BCUT2D eigenvalue weighted by molar-refractivity contribution is -0.166. The highest BCUT2D eigenvalue weighted by molar-refractivity contribution is 6.42. The van der Waals surface area contributed by atoms with Crippen LogP contribution in [0.25, 0.3) is 0 Å². The van der Waals surface area contributed by atoms with Gasteiger partial charge in [0, 0.05) is 0 Å². The second-order valence-electron chi connectivity index (χ2n) is 5.38. The third-order valence-corrected chi connectivity index (χ3v) is 3.15. The van der Waals surface area contributed by atoms with Crippen LogP contribution in [0.5, 0.6) is 0 Å². The zero-order valence-electron chi connectivity index (χ0n) is 11.4. The highest BCUT2D eigenvalue weighted by atomic mass is 35.5. The third-order valence-electron chi connectivity index (χ3n) is 2.41. The molecule has 1 rings (SSSR count). The molecular weight excluding hydrogens is 303 g/mol. The van der Waals surface area contributed by atoms with Crippen LogP contribution in [0.4, 0.5) is 0 Å². The van der Waals surface area contributed by atoms with Crippen LogP contribution in [0.15, 0.2) is 18.2 Å². The molecule has 110 valence electrons. The van der Waals surface area contributed by atoms with Gasteiger partial charge >= 0.3 is 11.9 Å². The van der Waals surface area contributed by atoms with E-state index in [1.54, 1.807) is 39.0 Å². The molecule has 0 bridgehead atoms. The number of carbonyl (C=O) groups excluding carboxylic acids is 1. The fraction of sp³-hybridized carbons (Fsp3) is 0.429. The Hall–Kier alpha value is -1.26. The minimum absolute atomic E-state index is 0.00113. The Bertz CT molecular complexity index is 520. The topological polar surface area (TPSA) is 63.6 Å². The Morgan fingerprint density at radius 1 is 1.25 bits per heavy atom. The molecule has 0 aliphatic rings. The molecular formula is C14H16Cl2O4. The maximum atomic E-state index is 11.9. The predicted molar refractivity (Wildman–Crippen MR) is 77.1 cm³/mol. The average Bonchev–Trinajstić information content (AvgIpc) is 2.27. The van der Waals surface area contributed by atoms with Crippen molar-refractivity contribution in [3.63, 3.8) is 0 Å². The standard InChI is InChI=1S/C14H16Cl2O4/c1-14(2,3)20-13(19)9(12(17)18)6-8-4-5-10(15)11(16)7-8/h4-5,7,9H,6H2,1-3H3,(H,17,18). The van der Waals surface area contributed by atoms with Crippen LogP contribution in [0.3, 0.4) is 0 Å². The molecule has 1 aromatic rings. The molecule has 1 N–H and O–H groups in total. The summed E-state index contributed by atoms with van der Waals surface area (Å²) in [6, 6.07) is 4.74. The van der Waals surface area contributed by atoms with Crippen molar-refractivity contribution in [2.75, 3.05) is 0 Å². The van der Waals surface area contributed by atoms with Crippen LogP contribution >= 0.6 is 23.2 Å². The number of carbonyl (C=O) groups is 2. The smallest absolute Gasteiger partial charge is 0.321 e. The van der Waals surface area contributed by atoms with Crippen LogP contribution in [0, 0.1) is 5.92 Å². The summed E-state index contributed by atoms with van der Waals surface area (Å²) in [5.41, 5.74) is -0.125. The van der Waals surface area contributed by atoms with Gasteiger partial charge in [-0.05, 0) is 44.9 Å². The summed E-state index contributed by atoms with van der Waals surface area (Å²) in [5, 5.41) is 9.86. The fourth-order valence-corrected chi connectivity index (χ4v) is 1.87. The first-order valence-corrected chi connectivity index (χ1v) is 6.75. The lowest BCUT2D eigenvalue weighted by Gasteiger charge is -2.22. The second-order valence-corrected chi connectivity index (χ2v) is 6.19. The first-order chi connectivity index (χ1) is 9.10. The minimum atomic E-state index is -1.27. The zero-order valence-corrected chi connectivity index (χ0v) is 13.0. The lowest BCUT2D eigenvalue weighted by atomic mass is 9.99. The van der Waals surface area contributed by atoms with E-state index in [0.29, 0.717) is 15.6 Å². The van der Waals surface area contributed by atoms with Gasteiger partial charge in [-0.1, -0.05) is 29.3 Å². The maximum Gasteiger partial charge on any atom is 0.321 e. The van der Waals surface area contributed by atoms with Gasteiger partial charge in [0.05, 0.1) is 10.0 Å². The first kappa shape index (κ1) is 16.8. The number of carboxylic acids is 1. The quantitative estimate of drug-likeness (QED) is 0.680. The fourth-order valence-electron chi connectivity index (χ4n) is 1.55. The number of carboxylic acid groups (broad SMARTS) is 1. The van der Waals surface area contributed by atoms with E-state index in [2.05, 4.69) is 0 Å². The van der Waals surface area contributed by atoms with E-state index in [1.165, 1.54) is 0 Å². The van der Waals surface area contributed by atoms with Gasteiger partial charge in [-0.15, -0.1) is 0 Å². The van der Waals surface area contributed by atoms with Crippen molar-refractivity contribution in [3.8, 4) is 0 Å². The van der Waals surface area contributed by atoms with Gasteiger partial charge in [0.25, 0.3) is 0 Å². The van der Waals surface area contributed by atoms with E-state index >= 15 is 0 Å². The molecule has 1 aromatic carbocycles. The van der Waals surface area contributed by atoms with Crippen LogP contribution < -0.4 is 0 Å². The Morgan fingerprint density at radius 2 is 1.85 bits per heavy atom. The average molecular weight is 319 g/mol. The van der Waals surface area contributed by atoms with Crippen LogP contribution in [0.1, 0.15) is 26.3 Å². The lowest BCUT2D eigenvalue weighted by Crippen LogP contribution is -2.33. The molecule has 0 amide bonds. The largest absolute Gasteiger partial charge is 0.481 e. The van der Waals surface area contributed by atoms with Crippen LogP contribution in [-0.2, 0) is 20.7 Å². The Labute approximate surface area is 127 Å². The van der Waals surface area contributed by atoms with Crippen molar-refractivity contribution < 1.29 is 19.4 Å². The summed E-state index contributed by atoms with van der Waals surface area (Å²) in [4.78, 5) is 23.1. The number of halogens is 2. The van der Waals surface area contributed by atoms with Crippen molar-refractivity contribution >= 4 is 35.1 Å². The first-order valence-electron chi connectivity index (χ1n) is 6.00. The molecule has 0 saturated heterocycles. The van der Waals surface area contributed by atoms with Gasteiger partial charge in [-0.3, -0.25) is 9.59 Å². The number of hydrogen-bond acceptors (Lipinski definition) is 3. The minimum Gasteiger partial charge on any atom is -0.481 e. The maximum absolute atomic E-state index is 11.9. The van der Waals surface area contributed by atoms with Crippen molar-refractivity contribution in [2.45, 2.75) is 32.8 Å². The second kappa shape index (κ2) is 6.46. The molecule has 0 radical (unpaired) electrons. The summed E-state index contributed by atoms with van der Waals surface area (Å²) in [6.07, 6.45) is 0.00113. The van der Waals surface area contributed by atoms with Gasteiger partial charge in [-0.2, -0.15) is 0 Å². The van der Waals surface area contributed by atoms with Crippen molar-refractivity contribution in [3.05, 3.63) is 33.8 Å². The van der Waals surface area contributed by atoms with Crippen molar-refractivity contribution in [1.82, 2.24) is 0 Å². The molecule has 0 saturated carbocycles. The van der Waals surface area contributed by atoms with Crippen molar-refractivity contribution in [1.29, 1.82) is 0 Å². The highest BCUT2D eigenvalue weighted by Crippen LogP contribution is 2.24. The molecule has 1 atom stereocenters. The summed E-state index contributed by atoms with van der Waals surface area (Å²) in [6.45, 7) is 5.05. The molecule has 0 aliphatic heterocycles. The van der Waals surface area contributed by atoms with E-state index in [4.69, 9.17) is 33.0 Å². The molecule has 0 heterocycles. The SMILES string of the molecule is CC(C)(C)OC(=O)C(Cc1ccc(Cl)c(Cl)c1)C(=O)O. The number of benzene rings is 1. The monoisotopic (exact) mass is 318 g/mol. The van der Waals surface area contributed by atoms with Crippen LogP contribution in [0.2, 0.25) is 10.0 Å². The molecule has 0 aromatic heterocycles. The third kappa shape index (κ3) is 5.02. The van der Waals surface area contributed by atoms with Crippen molar-refractivity contribution in [2.24, 2.45) is 5.92 Å². The molecule has 4 nitrogen and oxygen atoms in total. The van der Waals surface area contributed by atoms with E-state index in [9.17, 15) is 9.59 Å². The van der Waals surface area contributed by atoms with Gasteiger partial charge in [-0.25, -0.2) is 0 Å². The van der Waals surface area contributed by atoms with Gasteiger partial charge in [0.1, 0.15) is 5.60 Å². The van der Waals surface area contributed by atoms with E-state index in [-0.39, 0.29) is 6.42 Å². The summed E-state index contributed by atoms with van der Waals surface area (Å²) >= 11 is 11.7. The van der Waals surface area contributed by atoms with Gasteiger partial charge < -0.3 is 9.84 Å². The number of esters is 1. The molecule has 20 heavy (non-hydrogen) atoms. The Morgan fingerprint density at radius 3 is 2.30 bits per heavy atom. The number of aliphatic carboxylic acids is 1. The van der Waals surface area contributed by atoms with E-state index in [0.717, 1.165) is 0 Å². The Kier molecular flexibility index (Phi) is 5.42. The molecule has 1 unspecified atom stereocenters. The predicted octanol–water partition coefficient (Wildman–Crippen LogP) is 3.58. The van der Waals surface area contributed by atoms with E-state index in [1.807, 2.05) is 0 Å². The van der Waals surface area contributed by atoms with E-state index < -0.39 is 23.5 Å². The zero-order chi connectivity index (χ0) is 15.5. The van der Waals surface area contributed by atoms with Gasteiger partial charge in [0.15, 0.2) is 5.92 Å². The highest BCUT2D eigenvalue weighted by Gasteiger charge is 2.31. The van der Waals surface area contributed by atoms with Crippen LogP contribution in [-0.4, -0.2) is 22.6 Å². The molecule has 0 aliphatic carbocycles.